The fourth-order valence-electron chi connectivity index (χ4n) is 5.40. The number of anilines is 1. The fraction of sp³-hybridized carbons (Fsp3) is 0.500. The van der Waals surface area contributed by atoms with Crippen LogP contribution in [0.2, 0.25) is 0 Å². The molecule has 3 aromatic heterocycles. The summed E-state index contributed by atoms with van der Waals surface area (Å²) in [6, 6.07) is 3.36. The van der Waals surface area contributed by atoms with E-state index in [1.165, 1.54) is 29.4 Å². The van der Waals surface area contributed by atoms with Gasteiger partial charge in [0.2, 0.25) is 7.58 Å². The van der Waals surface area contributed by atoms with Crippen LogP contribution in [0.1, 0.15) is 18.0 Å². The van der Waals surface area contributed by atoms with Crippen molar-refractivity contribution >= 4 is 66.4 Å². The minimum absolute atomic E-state index is 0.0634. The second kappa shape index (κ2) is 12.0. The quantitative estimate of drug-likeness (QED) is 0.133. The molecule has 4 N–H and O–H groups in total. The van der Waals surface area contributed by atoms with E-state index in [0.717, 1.165) is 10.7 Å². The number of halogens is 4. The molecule has 6 heterocycles. The van der Waals surface area contributed by atoms with Gasteiger partial charge in [-0.15, -0.1) is 5.10 Å². The van der Waals surface area contributed by atoms with Crippen molar-refractivity contribution in [2.75, 3.05) is 18.9 Å². The van der Waals surface area contributed by atoms with E-state index < -0.39 is 93.9 Å². The molecule has 10 atom stereocenters. The molecule has 1 aromatic carbocycles. The minimum atomic E-state index is -4.72. The molecule has 4 aromatic rings. The molecule has 3 aliphatic rings. The van der Waals surface area contributed by atoms with Crippen LogP contribution in [0.3, 0.4) is 0 Å². The Labute approximate surface area is 266 Å². The molecular weight excluding hydrogens is 706 g/mol. The molecule has 46 heavy (non-hydrogen) atoms. The SMILES string of the molecule is Nc1ncnc2c1ncn2[C@@H]1O[C@@H]2CO[P@](S)O[C@@H]3[C@H](O)[C@@H](COP(O)(=S)O[C@H]2[C@H]1F)O[C@H]3n1nnc2c(C(F)(F)F)cccc21. The zero-order valence-corrected chi connectivity index (χ0v) is 26.2. The second-order valence-electron chi connectivity index (χ2n) is 10.3. The lowest BCUT2D eigenvalue weighted by molar-refractivity contribution is -0.136. The van der Waals surface area contributed by atoms with Gasteiger partial charge >= 0.3 is 12.9 Å². The van der Waals surface area contributed by atoms with Crippen molar-refractivity contribution in [3.63, 3.8) is 0 Å². The molecule has 7 rings (SSSR count). The lowest BCUT2D eigenvalue weighted by Crippen LogP contribution is -2.35. The summed E-state index contributed by atoms with van der Waals surface area (Å²) in [6.45, 7) is -5.25. The number of ether oxygens (including phenoxy) is 2. The fourth-order valence-corrected chi connectivity index (χ4v) is 8.14. The van der Waals surface area contributed by atoms with Gasteiger partial charge in [-0.1, -0.05) is 23.5 Å². The third-order valence-electron chi connectivity index (χ3n) is 7.51. The number of aromatic nitrogens is 7. The highest BCUT2D eigenvalue weighted by molar-refractivity contribution is 8.41. The van der Waals surface area contributed by atoms with Gasteiger partial charge in [-0.25, -0.2) is 24.0 Å². The number of nitrogens with two attached hydrogens (primary N) is 1. The predicted octanol–water partition coefficient (Wildman–Crippen LogP) is 2.56. The molecule has 0 amide bonds. The van der Waals surface area contributed by atoms with Crippen LogP contribution in [0.15, 0.2) is 30.9 Å². The first-order chi connectivity index (χ1) is 21.8. The third-order valence-corrected chi connectivity index (χ3v) is 10.5. The van der Waals surface area contributed by atoms with Crippen molar-refractivity contribution in [2.24, 2.45) is 0 Å². The van der Waals surface area contributed by atoms with Crippen molar-refractivity contribution in [1.29, 1.82) is 0 Å². The van der Waals surface area contributed by atoms with Gasteiger partial charge in [0.15, 0.2) is 30.1 Å². The Morgan fingerprint density at radius 1 is 1.09 bits per heavy atom. The van der Waals surface area contributed by atoms with Gasteiger partial charge in [0.1, 0.15) is 47.9 Å². The van der Waals surface area contributed by atoms with Gasteiger partial charge in [0, 0.05) is 0 Å². The van der Waals surface area contributed by atoms with E-state index in [4.69, 9.17) is 45.1 Å². The van der Waals surface area contributed by atoms with Gasteiger partial charge in [-0.2, -0.15) is 13.2 Å². The third kappa shape index (κ3) is 5.77. The monoisotopic (exact) mass is 728 g/mol. The van der Waals surface area contributed by atoms with Crippen molar-refractivity contribution in [3.8, 4) is 0 Å². The zero-order chi connectivity index (χ0) is 32.5. The predicted molar refractivity (Wildman–Crippen MR) is 155 cm³/mol. The Balaban J connectivity index is 1.17. The van der Waals surface area contributed by atoms with Crippen molar-refractivity contribution in [1.82, 2.24) is 34.5 Å². The minimum Gasteiger partial charge on any atom is -0.387 e. The summed E-state index contributed by atoms with van der Waals surface area (Å²) in [7, 11) is -2.18. The zero-order valence-electron chi connectivity index (χ0n) is 22.7. The van der Waals surface area contributed by atoms with Gasteiger partial charge < -0.3 is 38.8 Å². The van der Waals surface area contributed by atoms with E-state index in [2.05, 4.69) is 37.5 Å². The number of imidazole rings is 1. The van der Waals surface area contributed by atoms with Crippen molar-refractivity contribution < 1.29 is 55.1 Å². The number of aliphatic hydroxyl groups is 1. The Kier molecular flexibility index (Phi) is 8.47. The molecule has 3 fully saturated rings. The Morgan fingerprint density at radius 2 is 1.87 bits per heavy atom. The molecule has 0 saturated carbocycles. The van der Waals surface area contributed by atoms with E-state index in [1.54, 1.807) is 0 Å². The summed E-state index contributed by atoms with van der Waals surface area (Å²) < 4.78 is 93.6. The summed E-state index contributed by atoms with van der Waals surface area (Å²) in [6.07, 6.45) is -13.8. The highest BCUT2D eigenvalue weighted by Crippen LogP contribution is 2.54. The first-order valence-electron chi connectivity index (χ1n) is 13.2. The number of nitrogens with zero attached hydrogens (tertiary/aromatic N) is 7. The van der Waals surface area contributed by atoms with Crippen LogP contribution in [0.25, 0.3) is 22.2 Å². The van der Waals surface area contributed by atoms with Crippen LogP contribution in [-0.4, -0.2) is 94.4 Å². The average Bonchev–Trinajstić information content (AvgIpc) is 3.76. The summed E-state index contributed by atoms with van der Waals surface area (Å²) in [5.41, 5.74) is 4.69. The normalized spacial score (nSPS) is 35.9. The Bertz CT molecular complexity index is 1820. The molecule has 3 saturated heterocycles. The summed E-state index contributed by atoms with van der Waals surface area (Å²) in [5, 5.41) is 18.7. The number of rotatable bonds is 2. The molecule has 24 heteroatoms. The molecule has 16 nitrogen and oxygen atoms in total. The van der Waals surface area contributed by atoms with Crippen LogP contribution in [-0.2, 0) is 45.6 Å². The smallest absolute Gasteiger partial charge is 0.387 e. The van der Waals surface area contributed by atoms with E-state index in [-0.39, 0.29) is 22.5 Å². The Hall–Kier alpha value is -2.20. The molecule has 3 aliphatic heterocycles. The molecule has 248 valence electrons. The highest BCUT2D eigenvalue weighted by Gasteiger charge is 2.52. The van der Waals surface area contributed by atoms with Crippen LogP contribution >= 0.6 is 26.5 Å². The van der Waals surface area contributed by atoms with Crippen molar-refractivity contribution in [2.45, 2.75) is 55.3 Å². The molecular formula is C22H22F4N8O8P2S2. The lowest BCUT2D eigenvalue weighted by Gasteiger charge is -2.26. The number of benzene rings is 1. The van der Waals surface area contributed by atoms with E-state index in [1.807, 2.05) is 0 Å². The summed E-state index contributed by atoms with van der Waals surface area (Å²) in [5.74, 6) is 0.0634. The second-order valence-corrected chi connectivity index (χ2v) is 15.0. The van der Waals surface area contributed by atoms with E-state index in [9.17, 15) is 23.2 Å². The van der Waals surface area contributed by atoms with Gasteiger partial charge in [-0.05, 0) is 23.9 Å². The summed E-state index contributed by atoms with van der Waals surface area (Å²) in [4.78, 5) is 23.0. The first kappa shape index (κ1) is 32.4. The molecule has 2 bridgehead atoms. The van der Waals surface area contributed by atoms with Crippen molar-refractivity contribution in [3.05, 3.63) is 36.4 Å². The molecule has 0 radical (unpaired) electrons. The highest BCUT2D eigenvalue weighted by atomic mass is 32.7. The number of hydrogen-bond donors (Lipinski definition) is 4. The van der Waals surface area contributed by atoms with Gasteiger partial charge in [0.05, 0.1) is 30.6 Å². The maximum atomic E-state index is 16.0. The van der Waals surface area contributed by atoms with Crippen LogP contribution < -0.4 is 5.73 Å². The first-order valence-corrected chi connectivity index (χ1v) is 18.2. The van der Waals surface area contributed by atoms with Gasteiger partial charge in [-0.3, -0.25) is 9.09 Å². The Morgan fingerprint density at radius 3 is 2.65 bits per heavy atom. The van der Waals surface area contributed by atoms with E-state index >= 15 is 4.39 Å². The van der Waals surface area contributed by atoms with Crippen LogP contribution in [0.4, 0.5) is 23.4 Å². The molecule has 1 unspecified atom stereocenters. The van der Waals surface area contributed by atoms with E-state index in [0.29, 0.717) is 0 Å². The number of nitrogen functional groups attached to an aromatic ring is 1. The van der Waals surface area contributed by atoms with Crippen LogP contribution in [0.5, 0.6) is 0 Å². The standard InChI is InChI=1S/C22H22F4N8O8P2S2/c23-12-16-11(40-20(12)33-7-30-14-18(27)28-6-29-19(14)33)4-37-43(45)41-17-15(35)10(5-38-44(36,46)42-16)39-21(17)34-9-3-1-2-8(22(24,25)26)13(9)31-32-34/h1-3,6-7,10-12,15-17,20-21,35,45H,4-5H2,(H,36,46)(H2,27,28,29)/t10-,11-,12-,15-,16-,17-,20-,21-,43+,44?/m1/s1. The maximum Gasteiger partial charge on any atom is 0.418 e. The number of hydrogen-bond acceptors (Lipinski definition) is 15. The molecule has 0 spiro atoms. The topological polar surface area (TPSA) is 196 Å². The lowest BCUT2D eigenvalue weighted by atomic mass is 10.1. The molecule has 0 aliphatic carbocycles. The van der Waals surface area contributed by atoms with Crippen LogP contribution in [0, 0.1) is 0 Å². The maximum absolute atomic E-state index is 16.0. The average molecular weight is 729 g/mol. The summed E-state index contributed by atoms with van der Waals surface area (Å²) >= 11 is 9.50. The number of aliphatic hydroxyl groups excluding tert-OH is 1. The van der Waals surface area contributed by atoms with Gasteiger partial charge in [0.25, 0.3) is 0 Å². The number of thiol groups is 1. The largest absolute Gasteiger partial charge is 0.418 e. The number of alkyl halides is 4. The number of fused-ring (bicyclic) bond motifs is 5.